The molecule has 0 unspecified atom stereocenters. The lowest BCUT2D eigenvalue weighted by molar-refractivity contribution is 0.200. The quantitative estimate of drug-likeness (QED) is 0.909. The van der Waals surface area contributed by atoms with Crippen molar-refractivity contribution in [2.24, 2.45) is 0 Å². The lowest BCUT2D eigenvalue weighted by Gasteiger charge is -2.27. The summed E-state index contributed by atoms with van der Waals surface area (Å²) in [5, 5.41) is 5.10. The number of hydrogen-bond donors (Lipinski definition) is 1. The average Bonchev–Trinajstić information content (AvgIpc) is 2.55. The van der Waals surface area contributed by atoms with Crippen LogP contribution in [0.3, 0.4) is 0 Å². The van der Waals surface area contributed by atoms with Gasteiger partial charge in [0.05, 0.1) is 12.8 Å². The van der Waals surface area contributed by atoms with E-state index in [2.05, 4.69) is 5.32 Å². The molecule has 1 aliphatic rings. The maximum absolute atomic E-state index is 12.3. The smallest absolute Gasteiger partial charge is 0.321 e. The van der Waals surface area contributed by atoms with Gasteiger partial charge in [-0.15, -0.1) is 0 Å². The van der Waals surface area contributed by atoms with Crippen LogP contribution in [0.25, 0.3) is 10.8 Å². The lowest BCUT2D eigenvalue weighted by atomic mass is 10.1. The molecule has 21 heavy (non-hydrogen) atoms. The zero-order valence-corrected chi connectivity index (χ0v) is 12.3. The second kappa shape index (κ2) is 6.04. The van der Waals surface area contributed by atoms with E-state index in [0.717, 1.165) is 48.1 Å². The second-order valence-electron chi connectivity index (χ2n) is 5.35. The van der Waals surface area contributed by atoms with Crippen LogP contribution in [0.2, 0.25) is 0 Å². The number of anilines is 1. The first-order valence-electron chi connectivity index (χ1n) is 7.41. The van der Waals surface area contributed by atoms with Crippen LogP contribution in [-0.4, -0.2) is 31.1 Å². The monoisotopic (exact) mass is 284 g/mol. The van der Waals surface area contributed by atoms with Crippen molar-refractivity contribution in [3.8, 4) is 5.75 Å². The first-order chi connectivity index (χ1) is 10.3. The molecule has 0 bridgehead atoms. The van der Waals surface area contributed by atoms with Gasteiger partial charge in [0.15, 0.2) is 0 Å². The maximum atomic E-state index is 12.3. The summed E-state index contributed by atoms with van der Waals surface area (Å²) in [6, 6.07) is 11.9. The Morgan fingerprint density at radius 2 is 1.86 bits per heavy atom. The summed E-state index contributed by atoms with van der Waals surface area (Å²) >= 11 is 0. The van der Waals surface area contributed by atoms with E-state index in [4.69, 9.17) is 4.74 Å². The molecule has 0 aliphatic carbocycles. The molecule has 1 N–H and O–H groups in total. The Balaban J connectivity index is 1.87. The van der Waals surface area contributed by atoms with Gasteiger partial charge >= 0.3 is 6.03 Å². The number of urea groups is 1. The van der Waals surface area contributed by atoms with Gasteiger partial charge in [-0.1, -0.05) is 30.3 Å². The van der Waals surface area contributed by atoms with Gasteiger partial charge in [-0.3, -0.25) is 0 Å². The number of carbonyl (C=O) groups excluding carboxylic acids is 1. The third-order valence-corrected chi connectivity index (χ3v) is 3.97. The Morgan fingerprint density at radius 3 is 2.62 bits per heavy atom. The minimum Gasteiger partial charge on any atom is -0.494 e. The number of carbonyl (C=O) groups is 1. The van der Waals surface area contributed by atoms with Gasteiger partial charge in [0.25, 0.3) is 0 Å². The number of nitrogens with one attached hydrogen (secondary N) is 1. The normalized spacial score (nSPS) is 15.0. The van der Waals surface area contributed by atoms with Crippen molar-refractivity contribution in [2.75, 3.05) is 25.5 Å². The molecular weight excluding hydrogens is 264 g/mol. The zero-order valence-electron chi connectivity index (χ0n) is 12.3. The van der Waals surface area contributed by atoms with E-state index in [-0.39, 0.29) is 6.03 Å². The first kappa shape index (κ1) is 13.7. The van der Waals surface area contributed by atoms with Gasteiger partial charge in [0, 0.05) is 18.5 Å². The third kappa shape index (κ3) is 2.79. The van der Waals surface area contributed by atoms with Crippen LogP contribution < -0.4 is 10.1 Å². The highest BCUT2D eigenvalue weighted by atomic mass is 16.5. The van der Waals surface area contributed by atoms with E-state index in [9.17, 15) is 4.79 Å². The highest BCUT2D eigenvalue weighted by Gasteiger charge is 2.18. The molecule has 0 atom stereocenters. The summed E-state index contributed by atoms with van der Waals surface area (Å²) < 4.78 is 5.51. The number of fused-ring (bicyclic) bond motifs is 1. The highest BCUT2D eigenvalue weighted by Crippen LogP contribution is 2.33. The number of rotatable bonds is 2. The Hall–Kier alpha value is -2.23. The van der Waals surface area contributed by atoms with Gasteiger partial charge in [-0.2, -0.15) is 0 Å². The molecule has 0 aromatic heterocycles. The van der Waals surface area contributed by atoms with Crippen molar-refractivity contribution >= 4 is 22.5 Å². The molecule has 0 radical (unpaired) electrons. The summed E-state index contributed by atoms with van der Waals surface area (Å²) in [6.45, 7) is 1.67. The van der Waals surface area contributed by atoms with Crippen LogP contribution in [0.5, 0.6) is 5.75 Å². The van der Waals surface area contributed by atoms with Crippen LogP contribution in [0.15, 0.2) is 36.4 Å². The molecule has 0 saturated carbocycles. The molecule has 0 spiro atoms. The number of ether oxygens (including phenoxy) is 1. The second-order valence-corrected chi connectivity index (χ2v) is 5.35. The van der Waals surface area contributed by atoms with Crippen molar-refractivity contribution in [2.45, 2.75) is 19.3 Å². The van der Waals surface area contributed by atoms with E-state index in [1.54, 1.807) is 7.11 Å². The molecule has 110 valence electrons. The Bertz CT molecular complexity index is 648. The molecule has 4 heteroatoms. The fourth-order valence-electron chi connectivity index (χ4n) is 2.85. The largest absolute Gasteiger partial charge is 0.494 e. The number of hydrogen-bond acceptors (Lipinski definition) is 2. The van der Waals surface area contributed by atoms with E-state index < -0.39 is 0 Å². The summed E-state index contributed by atoms with van der Waals surface area (Å²) in [4.78, 5) is 14.2. The molecule has 1 saturated heterocycles. The van der Waals surface area contributed by atoms with Gasteiger partial charge < -0.3 is 15.0 Å². The van der Waals surface area contributed by atoms with Crippen LogP contribution in [0.1, 0.15) is 19.3 Å². The third-order valence-electron chi connectivity index (χ3n) is 3.97. The first-order valence-corrected chi connectivity index (χ1v) is 7.41. The topological polar surface area (TPSA) is 41.6 Å². The minimum absolute atomic E-state index is 0.0386. The molecular formula is C17H20N2O2. The summed E-state index contributed by atoms with van der Waals surface area (Å²) in [7, 11) is 1.64. The van der Waals surface area contributed by atoms with Crippen molar-refractivity contribution in [3.05, 3.63) is 36.4 Å². The van der Waals surface area contributed by atoms with Gasteiger partial charge in [-0.25, -0.2) is 4.79 Å². The Labute approximate surface area is 124 Å². The minimum atomic E-state index is -0.0386. The fourth-order valence-corrected chi connectivity index (χ4v) is 2.85. The van der Waals surface area contributed by atoms with Gasteiger partial charge in [0.2, 0.25) is 0 Å². The number of benzene rings is 2. The number of piperidine rings is 1. The predicted octanol–water partition coefficient (Wildman–Crippen LogP) is 3.87. The highest BCUT2D eigenvalue weighted by molar-refractivity contribution is 5.99. The van der Waals surface area contributed by atoms with Crippen LogP contribution in [-0.2, 0) is 0 Å². The SMILES string of the molecule is COc1c(NC(=O)N2CCCCC2)ccc2ccccc12. The molecule has 2 aromatic rings. The standard InChI is InChI=1S/C17H20N2O2/c1-21-16-14-8-4-3-7-13(14)9-10-15(16)18-17(20)19-11-5-2-6-12-19/h3-4,7-10H,2,5-6,11-12H2,1H3,(H,18,20). The molecule has 4 nitrogen and oxygen atoms in total. The maximum Gasteiger partial charge on any atom is 0.321 e. The van der Waals surface area contributed by atoms with E-state index in [1.165, 1.54) is 6.42 Å². The molecule has 2 aromatic carbocycles. The van der Waals surface area contributed by atoms with Crippen molar-refractivity contribution in [3.63, 3.8) is 0 Å². The Morgan fingerprint density at radius 1 is 1.10 bits per heavy atom. The van der Waals surface area contributed by atoms with Crippen molar-refractivity contribution in [1.82, 2.24) is 4.90 Å². The van der Waals surface area contributed by atoms with E-state index in [0.29, 0.717) is 0 Å². The molecule has 1 fully saturated rings. The van der Waals surface area contributed by atoms with E-state index in [1.807, 2.05) is 41.3 Å². The summed E-state index contributed by atoms with van der Waals surface area (Å²) in [5.74, 6) is 0.721. The number of likely N-dealkylation sites (tertiary alicyclic amines) is 1. The van der Waals surface area contributed by atoms with Crippen molar-refractivity contribution in [1.29, 1.82) is 0 Å². The number of nitrogens with zero attached hydrogens (tertiary/aromatic N) is 1. The number of methoxy groups -OCH3 is 1. The molecule has 1 heterocycles. The van der Waals surface area contributed by atoms with Crippen LogP contribution >= 0.6 is 0 Å². The Kier molecular flexibility index (Phi) is 3.95. The van der Waals surface area contributed by atoms with Crippen molar-refractivity contribution < 1.29 is 9.53 Å². The predicted molar refractivity (Wildman–Crippen MR) is 84.9 cm³/mol. The summed E-state index contributed by atoms with van der Waals surface area (Å²) in [6.07, 6.45) is 3.38. The molecule has 2 amide bonds. The average molecular weight is 284 g/mol. The van der Waals surface area contributed by atoms with E-state index >= 15 is 0 Å². The van der Waals surface area contributed by atoms with Gasteiger partial charge in [0.1, 0.15) is 5.75 Å². The van der Waals surface area contributed by atoms with Crippen LogP contribution in [0, 0.1) is 0 Å². The number of amides is 2. The molecule has 3 rings (SSSR count). The van der Waals surface area contributed by atoms with Crippen LogP contribution in [0.4, 0.5) is 10.5 Å². The lowest BCUT2D eigenvalue weighted by Crippen LogP contribution is -2.38. The zero-order chi connectivity index (χ0) is 14.7. The summed E-state index contributed by atoms with van der Waals surface area (Å²) in [5.41, 5.74) is 0.728. The fraction of sp³-hybridized carbons (Fsp3) is 0.353. The molecule has 1 aliphatic heterocycles. The van der Waals surface area contributed by atoms with Gasteiger partial charge in [-0.05, 0) is 30.7 Å².